The average molecular weight is 283 g/mol. The van der Waals surface area contributed by atoms with Crippen LogP contribution < -0.4 is 11.5 Å². The molecule has 0 radical (unpaired) electrons. The molecule has 1 fully saturated rings. The Labute approximate surface area is 114 Å². The summed E-state index contributed by atoms with van der Waals surface area (Å²) in [4.78, 5) is 24.7. The summed E-state index contributed by atoms with van der Waals surface area (Å²) >= 11 is 0. The molecule has 1 aliphatic rings. The second kappa shape index (κ2) is 5.44. The Kier molecular flexibility index (Phi) is 3.87. The minimum atomic E-state index is -1.12. The van der Waals surface area contributed by atoms with Crippen molar-refractivity contribution in [2.24, 2.45) is 11.7 Å². The number of carbonyl (C=O) groups is 2. The Morgan fingerprint density at radius 3 is 2.25 bits per heavy atom. The molecule has 20 heavy (non-hydrogen) atoms. The molecule has 0 spiro atoms. The van der Waals surface area contributed by atoms with Gasteiger partial charge < -0.3 is 16.4 Å². The van der Waals surface area contributed by atoms with Crippen molar-refractivity contribution < 1.29 is 18.4 Å². The number of nitrogens with two attached hydrogens (primary N) is 2. The number of hydrogen-bond donors (Lipinski definition) is 2. The van der Waals surface area contributed by atoms with E-state index in [2.05, 4.69) is 0 Å². The van der Waals surface area contributed by atoms with E-state index in [1.807, 2.05) is 0 Å². The molecule has 5 nitrogen and oxygen atoms in total. The van der Waals surface area contributed by atoms with Crippen LogP contribution in [0.1, 0.15) is 23.2 Å². The standard InChI is InChI=1S/C13H15F2N3O2/c14-9-5-8(11(16)6-10(9)15)13(20)18-3-1-7(2-4-18)12(17)19/h5-7H,1-4,16H2,(H2,17,19). The van der Waals surface area contributed by atoms with Gasteiger partial charge in [-0.1, -0.05) is 0 Å². The Morgan fingerprint density at radius 1 is 1.15 bits per heavy atom. The Hall–Kier alpha value is -2.18. The van der Waals surface area contributed by atoms with Crippen LogP contribution in [0.5, 0.6) is 0 Å². The molecule has 0 bridgehead atoms. The van der Waals surface area contributed by atoms with Gasteiger partial charge in [0.1, 0.15) is 0 Å². The van der Waals surface area contributed by atoms with E-state index in [0.717, 1.165) is 12.1 Å². The third-order valence-electron chi connectivity index (χ3n) is 3.51. The first-order valence-corrected chi connectivity index (χ1v) is 6.23. The highest BCUT2D eigenvalue weighted by atomic mass is 19.2. The van der Waals surface area contributed by atoms with Gasteiger partial charge in [-0.2, -0.15) is 0 Å². The summed E-state index contributed by atoms with van der Waals surface area (Å²) in [6.07, 6.45) is 0.926. The molecule has 1 heterocycles. The maximum atomic E-state index is 13.2. The van der Waals surface area contributed by atoms with Crippen LogP contribution in [0.25, 0.3) is 0 Å². The first-order valence-electron chi connectivity index (χ1n) is 6.23. The lowest BCUT2D eigenvalue weighted by Gasteiger charge is -2.30. The Morgan fingerprint density at radius 2 is 1.70 bits per heavy atom. The minimum Gasteiger partial charge on any atom is -0.398 e. The molecule has 0 aliphatic carbocycles. The van der Waals surface area contributed by atoms with Crippen LogP contribution in [-0.2, 0) is 4.79 Å². The van der Waals surface area contributed by atoms with E-state index in [4.69, 9.17) is 11.5 Å². The van der Waals surface area contributed by atoms with E-state index in [1.54, 1.807) is 0 Å². The molecule has 0 aromatic heterocycles. The van der Waals surface area contributed by atoms with Gasteiger partial charge in [-0.15, -0.1) is 0 Å². The molecule has 1 saturated heterocycles. The van der Waals surface area contributed by atoms with E-state index in [-0.39, 0.29) is 23.1 Å². The summed E-state index contributed by atoms with van der Waals surface area (Å²) < 4.78 is 26.2. The van der Waals surface area contributed by atoms with Gasteiger partial charge in [-0.3, -0.25) is 9.59 Å². The number of primary amides is 1. The summed E-state index contributed by atoms with van der Waals surface area (Å²) in [5, 5.41) is 0. The highest BCUT2D eigenvalue weighted by Crippen LogP contribution is 2.22. The summed E-state index contributed by atoms with van der Waals surface area (Å²) in [6, 6.07) is 1.59. The summed E-state index contributed by atoms with van der Waals surface area (Å²) in [5.74, 6) is -3.31. The van der Waals surface area contributed by atoms with Crippen LogP contribution in [-0.4, -0.2) is 29.8 Å². The highest BCUT2D eigenvalue weighted by Gasteiger charge is 2.27. The number of nitrogens with zero attached hydrogens (tertiary/aromatic N) is 1. The second-order valence-corrected chi connectivity index (χ2v) is 4.82. The molecule has 4 N–H and O–H groups in total. The summed E-state index contributed by atoms with van der Waals surface area (Å²) in [6.45, 7) is 0.676. The van der Waals surface area contributed by atoms with Gasteiger partial charge in [-0.05, 0) is 18.9 Å². The van der Waals surface area contributed by atoms with Crippen LogP contribution in [0, 0.1) is 17.6 Å². The van der Waals surface area contributed by atoms with Crippen molar-refractivity contribution in [2.45, 2.75) is 12.8 Å². The topological polar surface area (TPSA) is 89.4 Å². The zero-order valence-corrected chi connectivity index (χ0v) is 10.7. The molecule has 7 heteroatoms. The molecule has 1 aromatic rings. The third-order valence-corrected chi connectivity index (χ3v) is 3.51. The van der Waals surface area contributed by atoms with E-state index in [0.29, 0.717) is 25.9 Å². The molecule has 1 aromatic carbocycles. The molecule has 2 amide bonds. The lowest BCUT2D eigenvalue weighted by atomic mass is 9.95. The Balaban J connectivity index is 2.13. The van der Waals surface area contributed by atoms with Crippen LogP contribution in [0.2, 0.25) is 0 Å². The molecule has 108 valence electrons. The normalized spacial score (nSPS) is 16.2. The van der Waals surface area contributed by atoms with Crippen molar-refractivity contribution in [3.05, 3.63) is 29.3 Å². The lowest BCUT2D eigenvalue weighted by Crippen LogP contribution is -2.42. The molecule has 1 aliphatic heterocycles. The molecule has 0 unspecified atom stereocenters. The number of benzene rings is 1. The van der Waals surface area contributed by atoms with Crippen molar-refractivity contribution in [3.8, 4) is 0 Å². The third kappa shape index (κ3) is 2.71. The smallest absolute Gasteiger partial charge is 0.256 e. The molecule has 2 rings (SSSR count). The fourth-order valence-corrected chi connectivity index (χ4v) is 2.28. The van der Waals surface area contributed by atoms with Gasteiger partial charge >= 0.3 is 0 Å². The van der Waals surface area contributed by atoms with Crippen molar-refractivity contribution in [1.29, 1.82) is 0 Å². The van der Waals surface area contributed by atoms with E-state index in [1.165, 1.54) is 4.90 Å². The fourth-order valence-electron chi connectivity index (χ4n) is 2.28. The van der Waals surface area contributed by atoms with Crippen molar-refractivity contribution in [1.82, 2.24) is 4.90 Å². The number of amides is 2. The largest absolute Gasteiger partial charge is 0.398 e. The monoisotopic (exact) mass is 283 g/mol. The highest BCUT2D eigenvalue weighted by molar-refractivity contribution is 5.99. The summed E-state index contributed by atoms with van der Waals surface area (Å²) in [5.41, 5.74) is 10.6. The number of hydrogen-bond acceptors (Lipinski definition) is 3. The maximum Gasteiger partial charge on any atom is 0.256 e. The van der Waals surface area contributed by atoms with Gasteiger partial charge in [0.15, 0.2) is 11.6 Å². The second-order valence-electron chi connectivity index (χ2n) is 4.82. The number of halogens is 2. The van der Waals surface area contributed by atoms with Crippen LogP contribution in [0.3, 0.4) is 0 Å². The molecular weight excluding hydrogens is 268 g/mol. The van der Waals surface area contributed by atoms with Gasteiger partial charge in [0, 0.05) is 30.8 Å². The molecule has 0 atom stereocenters. The molecular formula is C13H15F2N3O2. The van der Waals surface area contributed by atoms with E-state index >= 15 is 0 Å². The lowest BCUT2D eigenvalue weighted by molar-refractivity contribution is -0.123. The van der Waals surface area contributed by atoms with E-state index in [9.17, 15) is 18.4 Å². The zero-order chi connectivity index (χ0) is 14.9. The maximum absolute atomic E-state index is 13.2. The van der Waals surface area contributed by atoms with Crippen LogP contribution in [0.4, 0.5) is 14.5 Å². The number of carbonyl (C=O) groups excluding carboxylic acids is 2. The summed E-state index contributed by atoms with van der Waals surface area (Å²) in [7, 11) is 0. The SMILES string of the molecule is NC(=O)C1CCN(C(=O)c2cc(F)c(F)cc2N)CC1. The number of likely N-dealkylation sites (tertiary alicyclic amines) is 1. The van der Waals surface area contributed by atoms with Gasteiger partial charge in [0.25, 0.3) is 5.91 Å². The first-order chi connectivity index (χ1) is 9.40. The van der Waals surface area contributed by atoms with Crippen molar-refractivity contribution in [3.63, 3.8) is 0 Å². The number of rotatable bonds is 2. The molecule has 0 saturated carbocycles. The van der Waals surface area contributed by atoms with Crippen LogP contribution in [0.15, 0.2) is 12.1 Å². The number of piperidine rings is 1. The zero-order valence-electron chi connectivity index (χ0n) is 10.7. The van der Waals surface area contributed by atoms with Gasteiger partial charge in [0.05, 0.1) is 5.56 Å². The van der Waals surface area contributed by atoms with Gasteiger partial charge in [-0.25, -0.2) is 8.78 Å². The minimum absolute atomic E-state index is 0.0681. The number of nitrogen functional groups attached to an aromatic ring is 1. The van der Waals surface area contributed by atoms with Gasteiger partial charge in [0.2, 0.25) is 5.91 Å². The van der Waals surface area contributed by atoms with Crippen molar-refractivity contribution >= 4 is 17.5 Å². The predicted molar refractivity (Wildman–Crippen MR) is 68.6 cm³/mol. The van der Waals surface area contributed by atoms with Crippen molar-refractivity contribution in [2.75, 3.05) is 18.8 Å². The quantitative estimate of drug-likeness (QED) is 0.790. The number of anilines is 1. The first kappa shape index (κ1) is 14.2. The van der Waals surface area contributed by atoms with E-state index < -0.39 is 17.5 Å². The predicted octanol–water partition coefficient (Wildman–Crippen LogP) is 0.884. The fraction of sp³-hybridized carbons (Fsp3) is 0.385. The van der Waals surface area contributed by atoms with Crippen LogP contribution >= 0.6 is 0 Å². The Bertz CT molecular complexity index is 555. The average Bonchev–Trinajstić information content (AvgIpc) is 2.42.